The lowest BCUT2D eigenvalue weighted by molar-refractivity contribution is -0.110. The van der Waals surface area contributed by atoms with Crippen LogP contribution in [0.4, 0.5) is 5.69 Å². The second kappa shape index (κ2) is 7.17. The molecule has 0 aromatic heterocycles. The van der Waals surface area contributed by atoms with Crippen molar-refractivity contribution in [2.75, 3.05) is 12.4 Å². The molecule has 2 N–H and O–H groups in total. The zero-order chi connectivity index (χ0) is 17.9. The first-order chi connectivity index (χ1) is 11.4. The monoisotopic (exact) mass is 326 g/mol. The number of nitrogens with zero attached hydrogens (tertiary/aromatic N) is 1. The van der Waals surface area contributed by atoms with E-state index in [-0.39, 0.29) is 5.71 Å². The van der Waals surface area contributed by atoms with Gasteiger partial charge in [0.25, 0.3) is 5.91 Å². The molecule has 0 fully saturated rings. The van der Waals surface area contributed by atoms with Crippen LogP contribution in [0.2, 0.25) is 0 Å². The molecule has 2 aromatic carbocycles. The molecule has 0 atom stereocenters. The van der Waals surface area contributed by atoms with Gasteiger partial charge in [-0.2, -0.15) is 0 Å². The Labute approximate surface area is 142 Å². The highest BCUT2D eigenvalue weighted by molar-refractivity contribution is 6.49. The highest BCUT2D eigenvalue weighted by atomic mass is 16.5. The third-order valence-corrected chi connectivity index (χ3v) is 4.01. The Balaban J connectivity index is 2.41. The van der Waals surface area contributed by atoms with Gasteiger partial charge in [0.2, 0.25) is 0 Å². The van der Waals surface area contributed by atoms with Crippen molar-refractivity contribution in [3.8, 4) is 5.75 Å². The smallest absolute Gasteiger partial charge is 0.278 e. The third kappa shape index (κ3) is 3.40. The molecule has 0 aliphatic rings. The summed E-state index contributed by atoms with van der Waals surface area (Å²) < 4.78 is 5.23. The predicted octanol–water partition coefficient (Wildman–Crippen LogP) is 3.75. The Morgan fingerprint density at radius 3 is 2.04 bits per heavy atom. The molecular formula is C19H22N2O3. The SMILES string of the molecule is COc1cc(C)c(/C(=N/O)C(=O)Nc2c(C)cccc2C)c(C)c1. The van der Waals surface area contributed by atoms with Gasteiger partial charge in [-0.25, -0.2) is 0 Å². The lowest BCUT2D eigenvalue weighted by Gasteiger charge is -2.15. The fraction of sp³-hybridized carbons (Fsp3) is 0.263. The van der Waals surface area contributed by atoms with Crippen molar-refractivity contribution in [1.82, 2.24) is 0 Å². The Hall–Kier alpha value is -2.82. The van der Waals surface area contributed by atoms with Crippen LogP contribution in [-0.2, 0) is 4.79 Å². The summed E-state index contributed by atoms with van der Waals surface area (Å²) in [6.07, 6.45) is 0. The Morgan fingerprint density at radius 2 is 1.58 bits per heavy atom. The third-order valence-electron chi connectivity index (χ3n) is 4.01. The van der Waals surface area contributed by atoms with Gasteiger partial charge in [-0.1, -0.05) is 23.4 Å². The first kappa shape index (κ1) is 17.5. The molecule has 24 heavy (non-hydrogen) atoms. The van der Waals surface area contributed by atoms with Gasteiger partial charge in [0.05, 0.1) is 7.11 Å². The zero-order valence-electron chi connectivity index (χ0n) is 14.6. The van der Waals surface area contributed by atoms with Crippen molar-refractivity contribution in [1.29, 1.82) is 0 Å². The molecule has 5 heteroatoms. The van der Waals surface area contributed by atoms with Gasteiger partial charge in [0.1, 0.15) is 5.75 Å². The van der Waals surface area contributed by atoms with E-state index < -0.39 is 5.91 Å². The Bertz CT molecular complexity index is 767. The van der Waals surface area contributed by atoms with E-state index in [2.05, 4.69) is 10.5 Å². The summed E-state index contributed by atoms with van der Waals surface area (Å²) in [6.45, 7) is 7.54. The number of ether oxygens (including phenoxy) is 1. The fourth-order valence-electron chi connectivity index (χ4n) is 2.81. The number of rotatable bonds is 4. The molecule has 2 rings (SSSR count). The minimum Gasteiger partial charge on any atom is -0.497 e. The van der Waals surface area contributed by atoms with E-state index in [4.69, 9.17) is 4.74 Å². The summed E-state index contributed by atoms with van der Waals surface area (Å²) in [5.41, 5.74) is 4.81. The normalized spacial score (nSPS) is 11.3. The maximum absolute atomic E-state index is 12.7. The van der Waals surface area contributed by atoms with Gasteiger partial charge in [-0.3, -0.25) is 4.79 Å². The van der Waals surface area contributed by atoms with Gasteiger partial charge >= 0.3 is 0 Å². The molecule has 126 valence electrons. The second-order valence-corrected chi connectivity index (χ2v) is 5.81. The van der Waals surface area contributed by atoms with Crippen molar-refractivity contribution in [2.24, 2.45) is 5.16 Å². The van der Waals surface area contributed by atoms with Gasteiger partial charge in [0, 0.05) is 11.3 Å². The topological polar surface area (TPSA) is 70.9 Å². The molecule has 0 bridgehead atoms. The molecule has 0 aliphatic heterocycles. The van der Waals surface area contributed by atoms with Crippen LogP contribution in [0.3, 0.4) is 0 Å². The van der Waals surface area contributed by atoms with Crippen molar-refractivity contribution in [2.45, 2.75) is 27.7 Å². The molecule has 2 aromatic rings. The van der Waals surface area contributed by atoms with Crippen molar-refractivity contribution < 1.29 is 14.7 Å². The van der Waals surface area contributed by atoms with Crippen molar-refractivity contribution in [3.63, 3.8) is 0 Å². The van der Waals surface area contributed by atoms with Gasteiger partial charge in [-0.15, -0.1) is 0 Å². The number of carbonyl (C=O) groups is 1. The van der Waals surface area contributed by atoms with Gasteiger partial charge in [0.15, 0.2) is 5.71 Å². The van der Waals surface area contributed by atoms with E-state index in [1.54, 1.807) is 19.2 Å². The first-order valence-corrected chi connectivity index (χ1v) is 7.64. The summed E-state index contributed by atoms with van der Waals surface area (Å²) in [5.74, 6) is 0.243. The van der Waals surface area contributed by atoms with E-state index >= 15 is 0 Å². The largest absolute Gasteiger partial charge is 0.497 e. The number of methoxy groups -OCH3 is 1. The minimum atomic E-state index is -0.453. The van der Waals surface area contributed by atoms with Crippen LogP contribution < -0.4 is 10.1 Å². The molecule has 0 radical (unpaired) electrons. The molecule has 0 heterocycles. The number of anilines is 1. The Kier molecular flexibility index (Phi) is 5.24. The van der Waals surface area contributed by atoms with E-state index in [0.29, 0.717) is 11.3 Å². The van der Waals surface area contributed by atoms with E-state index in [1.165, 1.54) is 0 Å². The van der Waals surface area contributed by atoms with Crippen LogP contribution in [0.15, 0.2) is 35.5 Å². The fourth-order valence-corrected chi connectivity index (χ4v) is 2.81. The summed E-state index contributed by atoms with van der Waals surface area (Å²) >= 11 is 0. The number of nitrogens with one attached hydrogen (secondary N) is 1. The van der Waals surface area contributed by atoms with Crippen LogP contribution in [0.25, 0.3) is 0 Å². The highest BCUT2D eigenvalue weighted by Gasteiger charge is 2.21. The van der Waals surface area contributed by atoms with Crippen molar-refractivity contribution >= 4 is 17.3 Å². The zero-order valence-corrected chi connectivity index (χ0v) is 14.6. The van der Waals surface area contributed by atoms with Crippen LogP contribution in [0.5, 0.6) is 5.75 Å². The molecule has 0 unspecified atom stereocenters. The number of amides is 1. The lowest BCUT2D eigenvalue weighted by atomic mass is 9.97. The standard InChI is InChI=1S/C19H22N2O3/c1-11-7-6-8-12(2)17(11)20-19(22)18(21-23)16-13(3)9-15(24-5)10-14(16)4/h6-10,23H,1-5H3,(H,20,22)/b21-18-. The summed E-state index contributed by atoms with van der Waals surface area (Å²) in [7, 11) is 1.59. The minimum absolute atomic E-state index is 0.0182. The number of oxime groups is 1. The quantitative estimate of drug-likeness (QED) is 0.511. The maximum Gasteiger partial charge on any atom is 0.278 e. The number of benzene rings is 2. The lowest BCUT2D eigenvalue weighted by Crippen LogP contribution is -2.26. The first-order valence-electron chi connectivity index (χ1n) is 7.64. The predicted molar refractivity (Wildman–Crippen MR) is 95.3 cm³/mol. The van der Waals surface area contributed by atoms with Crippen LogP contribution in [0, 0.1) is 27.7 Å². The van der Waals surface area contributed by atoms with Crippen LogP contribution in [-0.4, -0.2) is 23.9 Å². The molecule has 0 aliphatic carbocycles. The molecule has 0 saturated heterocycles. The molecular weight excluding hydrogens is 304 g/mol. The second-order valence-electron chi connectivity index (χ2n) is 5.81. The van der Waals surface area contributed by atoms with Crippen molar-refractivity contribution in [3.05, 3.63) is 58.1 Å². The van der Waals surface area contributed by atoms with E-state index in [1.807, 2.05) is 45.9 Å². The summed E-state index contributed by atoms with van der Waals surface area (Å²) in [6, 6.07) is 9.38. The molecule has 0 spiro atoms. The summed E-state index contributed by atoms with van der Waals surface area (Å²) in [4.78, 5) is 12.7. The molecule has 5 nitrogen and oxygen atoms in total. The number of hydrogen-bond donors (Lipinski definition) is 2. The number of para-hydroxylation sites is 1. The number of aryl methyl sites for hydroxylation is 4. The van der Waals surface area contributed by atoms with E-state index in [9.17, 15) is 10.0 Å². The summed E-state index contributed by atoms with van der Waals surface area (Å²) in [5, 5.41) is 15.5. The molecule has 1 amide bonds. The molecule has 0 saturated carbocycles. The number of carbonyl (C=O) groups excluding carboxylic acids is 1. The average molecular weight is 326 g/mol. The number of hydrogen-bond acceptors (Lipinski definition) is 4. The highest BCUT2D eigenvalue weighted by Crippen LogP contribution is 2.24. The van der Waals surface area contributed by atoms with E-state index in [0.717, 1.165) is 27.9 Å². The van der Waals surface area contributed by atoms with Gasteiger partial charge in [-0.05, 0) is 62.1 Å². The van der Waals surface area contributed by atoms with Gasteiger partial charge < -0.3 is 15.3 Å². The maximum atomic E-state index is 12.7. The Morgan fingerprint density at radius 1 is 1.04 bits per heavy atom. The van der Waals surface area contributed by atoms with Crippen LogP contribution in [0.1, 0.15) is 27.8 Å². The van der Waals surface area contributed by atoms with Crippen LogP contribution >= 0.6 is 0 Å². The average Bonchev–Trinajstić information content (AvgIpc) is 2.54.